The van der Waals surface area contributed by atoms with Crippen LogP contribution in [0.4, 0.5) is 5.69 Å². The van der Waals surface area contributed by atoms with Gasteiger partial charge in [0.15, 0.2) is 0 Å². The number of nitrogens with zero attached hydrogens (tertiary/aromatic N) is 1. The predicted octanol–water partition coefficient (Wildman–Crippen LogP) is 6.20. The number of hydrogen-bond donors (Lipinski definition) is 1. The second-order valence-corrected chi connectivity index (χ2v) is 7.78. The molecule has 0 aliphatic carbocycles. The highest BCUT2D eigenvalue weighted by molar-refractivity contribution is 6.14. The summed E-state index contributed by atoms with van der Waals surface area (Å²) in [6.07, 6.45) is 0.867. The Labute approximate surface area is 193 Å². The van der Waals surface area contributed by atoms with Crippen LogP contribution in [0, 0.1) is 6.92 Å². The first-order valence-corrected chi connectivity index (χ1v) is 11.1. The number of carbonyl (C=O) groups is 2. The summed E-state index contributed by atoms with van der Waals surface area (Å²) >= 11 is 0. The van der Waals surface area contributed by atoms with E-state index in [9.17, 15) is 9.59 Å². The lowest BCUT2D eigenvalue weighted by Gasteiger charge is -2.16. The molecule has 166 valence electrons. The Morgan fingerprint density at radius 1 is 0.939 bits per heavy atom. The topological polar surface area (TPSA) is 68.3 Å². The van der Waals surface area contributed by atoms with E-state index in [-0.39, 0.29) is 11.9 Å². The molecule has 0 aliphatic rings. The minimum absolute atomic E-state index is 0.214. The quantitative estimate of drug-likeness (QED) is 0.364. The molecule has 1 N–H and O–H groups in total. The van der Waals surface area contributed by atoms with Gasteiger partial charge in [-0.15, -0.1) is 0 Å². The van der Waals surface area contributed by atoms with Gasteiger partial charge in [0.1, 0.15) is 0 Å². The molecule has 0 atom stereocenters. The van der Waals surface area contributed by atoms with Gasteiger partial charge >= 0.3 is 5.97 Å². The molecule has 5 heteroatoms. The molecule has 0 fully saturated rings. The van der Waals surface area contributed by atoms with E-state index in [0.717, 1.165) is 39.7 Å². The number of aryl methyl sites for hydroxylation is 1. The van der Waals surface area contributed by atoms with Gasteiger partial charge in [0.2, 0.25) is 0 Å². The Hall–Kier alpha value is -3.99. The molecule has 3 aromatic carbocycles. The van der Waals surface area contributed by atoms with E-state index in [1.165, 1.54) is 0 Å². The largest absolute Gasteiger partial charge is 0.462 e. The first-order valence-electron chi connectivity index (χ1n) is 11.1. The minimum atomic E-state index is -0.383. The molecule has 1 amide bonds. The molecule has 0 saturated carbocycles. The number of pyridine rings is 1. The molecule has 0 bridgehead atoms. The Morgan fingerprint density at radius 2 is 1.67 bits per heavy atom. The fourth-order valence-corrected chi connectivity index (χ4v) is 3.89. The summed E-state index contributed by atoms with van der Waals surface area (Å²) in [6.45, 7) is 6.10. The Morgan fingerprint density at radius 3 is 2.33 bits per heavy atom. The first kappa shape index (κ1) is 22.2. The predicted molar refractivity (Wildman–Crippen MR) is 132 cm³/mol. The van der Waals surface area contributed by atoms with Crippen molar-refractivity contribution in [3.05, 3.63) is 95.1 Å². The van der Waals surface area contributed by atoms with Crippen LogP contribution in [0.2, 0.25) is 0 Å². The molecule has 0 unspecified atom stereocenters. The van der Waals surface area contributed by atoms with Crippen LogP contribution in [-0.2, 0) is 11.2 Å². The number of nitrogens with one attached hydrogen (secondary N) is 1. The maximum atomic E-state index is 13.5. The number of benzene rings is 3. The lowest BCUT2D eigenvalue weighted by Crippen LogP contribution is -2.15. The number of fused-ring (bicyclic) bond motifs is 1. The van der Waals surface area contributed by atoms with Crippen LogP contribution in [0.1, 0.15) is 45.7 Å². The number of hydrogen-bond acceptors (Lipinski definition) is 4. The van der Waals surface area contributed by atoms with Crippen LogP contribution in [0.25, 0.3) is 22.2 Å². The normalized spacial score (nSPS) is 10.8. The van der Waals surface area contributed by atoms with Gasteiger partial charge < -0.3 is 10.1 Å². The summed E-state index contributed by atoms with van der Waals surface area (Å²) in [6, 6.07) is 22.7. The van der Waals surface area contributed by atoms with E-state index in [0.29, 0.717) is 23.4 Å². The smallest absolute Gasteiger partial charge is 0.338 e. The lowest BCUT2D eigenvalue weighted by molar-refractivity contribution is 0.0526. The van der Waals surface area contributed by atoms with Gasteiger partial charge in [0, 0.05) is 16.6 Å². The van der Waals surface area contributed by atoms with Gasteiger partial charge in [-0.2, -0.15) is 0 Å². The second kappa shape index (κ2) is 9.65. The Kier molecular flexibility index (Phi) is 6.50. The number of aromatic nitrogens is 1. The van der Waals surface area contributed by atoms with Crippen molar-refractivity contribution in [2.24, 2.45) is 0 Å². The zero-order valence-electron chi connectivity index (χ0n) is 19.0. The molecule has 0 saturated heterocycles. The molecule has 1 aromatic heterocycles. The summed E-state index contributed by atoms with van der Waals surface area (Å²) in [5, 5.41) is 3.81. The third-order valence-corrected chi connectivity index (χ3v) is 5.63. The maximum absolute atomic E-state index is 13.5. The van der Waals surface area contributed by atoms with Crippen molar-refractivity contribution in [2.75, 3.05) is 11.9 Å². The first-order chi connectivity index (χ1) is 16.0. The molecule has 5 nitrogen and oxygen atoms in total. The van der Waals surface area contributed by atoms with Crippen molar-refractivity contribution in [3.63, 3.8) is 0 Å². The number of esters is 1. The van der Waals surface area contributed by atoms with Crippen molar-refractivity contribution in [1.82, 2.24) is 4.98 Å². The van der Waals surface area contributed by atoms with Crippen LogP contribution in [0.15, 0.2) is 72.8 Å². The Balaban J connectivity index is 1.77. The van der Waals surface area contributed by atoms with Gasteiger partial charge in [-0.25, -0.2) is 9.78 Å². The van der Waals surface area contributed by atoms with Gasteiger partial charge in [0.05, 0.1) is 28.9 Å². The molecule has 0 aliphatic heterocycles. The van der Waals surface area contributed by atoms with E-state index in [2.05, 4.69) is 18.3 Å². The van der Waals surface area contributed by atoms with Gasteiger partial charge in [-0.3, -0.25) is 4.79 Å². The minimum Gasteiger partial charge on any atom is -0.462 e. The fourth-order valence-electron chi connectivity index (χ4n) is 3.89. The van der Waals surface area contributed by atoms with Crippen LogP contribution in [0.5, 0.6) is 0 Å². The highest BCUT2D eigenvalue weighted by atomic mass is 16.5. The number of carbonyl (C=O) groups excluding carboxylic acids is 2. The molecule has 0 radical (unpaired) electrons. The summed E-state index contributed by atoms with van der Waals surface area (Å²) in [5.41, 5.74) is 6.14. The zero-order valence-corrected chi connectivity index (χ0v) is 19.0. The van der Waals surface area contributed by atoms with Crippen molar-refractivity contribution in [3.8, 4) is 11.3 Å². The molecular weight excluding hydrogens is 412 g/mol. The maximum Gasteiger partial charge on any atom is 0.338 e. The third-order valence-electron chi connectivity index (χ3n) is 5.63. The van der Waals surface area contributed by atoms with E-state index in [1.807, 2.05) is 49.4 Å². The fraction of sp³-hybridized carbons (Fsp3) is 0.179. The second-order valence-electron chi connectivity index (χ2n) is 7.78. The molecular formula is C28H26N2O3. The van der Waals surface area contributed by atoms with E-state index >= 15 is 0 Å². The van der Waals surface area contributed by atoms with Crippen molar-refractivity contribution in [1.29, 1.82) is 0 Å². The molecule has 33 heavy (non-hydrogen) atoms. The lowest BCUT2D eigenvalue weighted by atomic mass is 9.95. The third kappa shape index (κ3) is 4.62. The van der Waals surface area contributed by atoms with Crippen molar-refractivity contribution >= 4 is 28.5 Å². The number of rotatable bonds is 6. The monoisotopic (exact) mass is 438 g/mol. The number of anilines is 1. The van der Waals surface area contributed by atoms with Gasteiger partial charge in [-0.05, 0) is 67.8 Å². The standard InChI is InChI=1S/C28H26N2O3/c1-4-19-11-16-24-23(17-19)25(18(3)26(30-24)20-9-7-6-8-10-20)27(31)29-22-14-12-21(13-15-22)28(32)33-5-2/h6-17H,4-5H2,1-3H3,(H,29,31). The zero-order chi connectivity index (χ0) is 23.4. The highest BCUT2D eigenvalue weighted by Gasteiger charge is 2.20. The highest BCUT2D eigenvalue weighted by Crippen LogP contribution is 2.31. The van der Waals surface area contributed by atoms with Crippen LogP contribution in [-0.4, -0.2) is 23.5 Å². The number of ether oxygens (including phenoxy) is 1. The summed E-state index contributed by atoms with van der Waals surface area (Å²) in [4.78, 5) is 30.3. The van der Waals surface area contributed by atoms with Crippen LogP contribution >= 0.6 is 0 Å². The molecule has 4 aromatic rings. The molecule has 0 spiro atoms. The van der Waals surface area contributed by atoms with Crippen LogP contribution < -0.4 is 5.32 Å². The van der Waals surface area contributed by atoms with Crippen LogP contribution in [0.3, 0.4) is 0 Å². The average molecular weight is 439 g/mol. The molecule has 4 rings (SSSR count). The molecule has 1 heterocycles. The Bertz CT molecular complexity index is 1310. The van der Waals surface area contributed by atoms with E-state index in [1.54, 1.807) is 31.2 Å². The SMILES string of the molecule is CCOC(=O)c1ccc(NC(=O)c2c(C)c(-c3ccccc3)nc3ccc(CC)cc23)cc1. The summed E-state index contributed by atoms with van der Waals surface area (Å²) < 4.78 is 5.03. The van der Waals surface area contributed by atoms with Gasteiger partial charge in [-0.1, -0.05) is 43.3 Å². The van der Waals surface area contributed by atoms with Crippen molar-refractivity contribution < 1.29 is 14.3 Å². The van der Waals surface area contributed by atoms with E-state index < -0.39 is 0 Å². The number of amides is 1. The van der Waals surface area contributed by atoms with E-state index in [4.69, 9.17) is 9.72 Å². The van der Waals surface area contributed by atoms with Crippen molar-refractivity contribution in [2.45, 2.75) is 27.2 Å². The summed E-state index contributed by atoms with van der Waals surface area (Å²) in [5.74, 6) is -0.597. The van der Waals surface area contributed by atoms with Gasteiger partial charge in [0.25, 0.3) is 5.91 Å². The average Bonchev–Trinajstić information content (AvgIpc) is 2.84. The summed E-state index contributed by atoms with van der Waals surface area (Å²) in [7, 11) is 0.